The molecule has 266 valence electrons. The highest BCUT2D eigenvalue weighted by molar-refractivity contribution is 7.26. The third-order valence-electron chi connectivity index (χ3n) is 13.0. The van der Waals surface area contributed by atoms with Crippen molar-refractivity contribution in [3.8, 4) is 33.4 Å². The van der Waals surface area contributed by atoms with Crippen LogP contribution in [0.15, 0.2) is 174 Å². The lowest BCUT2D eigenvalue weighted by Crippen LogP contribution is -2.14. The Kier molecular flexibility index (Phi) is 6.18. The van der Waals surface area contributed by atoms with Gasteiger partial charge in [-0.1, -0.05) is 135 Å². The topological polar surface area (TPSA) is 13.1 Å². The number of hydrogen-bond acceptors (Lipinski definition) is 2. The average Bonchev–Trinajstić information content (AvgIpc) is 3.89. The summed E-state index contributed by atoms with van der Waals surface area (Å²) in [6.45, 7) is 4.69. The molecule has 12 aromatic rings. The minimum absolute atomic E-state index is 0.0407. The van der Waals surface area contributed by atoms with Crippen LogP contribution in [-0.4, -0.2) is 0 Å². The van der Waals surface area contributed by atoms with E-state index in [1.165, 1.54) is 108 Å². The molecule has 2 heterocycles. The maximum Gasteiger partial charge on any atom is 0.135 e. The van der Waals surface area contributed by atoms with Crippen LogP contribution in [0.5, 0.6) is 0 Å². The molecular formula is C55H34OS. The standard InChI is InChI=1S/C55H34OS/c1-55(2)49-14-8-7-13-40(49)41-21-17-35(28-50(41)55)34-19-24-52-47(27-34)46-26-33(18-23-51(46)56-52)32-16-20-39-43(25-32)37-11-5-6-12-38(37)44-29-48-42-22-15-31-9-3-4-10-36(31)54(42)57-53(48)30-45(39)44/h3-30H,1-2H3. The molecule has 2 aromatic heterocycles. The Morgan fingerprint density at radius 1 is 0.368 bits per heavy atom. The second-order valence-electron chi connectivity index (χ2n) is 16.4. The molecule has 0 fully saturated rings. The van der Waals surface area contributed by atoms with E-state index in [1.54, 1.807) is 0 Å². The van der Waals surface area contributed by atoms with Crippen LogP contribution in [0.4, 0.5) is 0 Å². The summed E-state index contributed by atoms with van der Waals surface area (Å²) in [5, 5.41) is 15.3. The van der Waals surface area contributed by atoms with Crippen molar-refractivity contribution in [1.82, 2.24) is 0 Å². The largest absolute Gasteiger partial charge is 0.456 e. The number of furan rings is 1. The first-order valence-electron chi connectivity index (χ1n) is 19.8. The zero-order valence-electron chi connectivity index (χ0n) is 31.5. The van der Waals surface area contributed by atoms with Gasteiger partial charge in [0.1, 0.15) is 11.2 Å². The number of fused-ring (bicyclic) bond motifs is 17. The van der Waals surface area contributed by atoms with Gasteiger partial charge >= 0.3 is 0 Å². The molecule has 0 spiro atoms. The molecule has 2 heteroatoms. The normalized spacial score (nSPS) is 13.6. The molecule has 0 bridgehead atoms. The second-order valence-corrected chi connectivity index (χ2v) is 17.5. The Balaban J connectivity index is 0.960. The maximum absolute atomic E-state index is 6.44. The van der Waals surface area contributed by atoms with Crippen LogP contribution >= 0.6 is 11.3 Å². The van der Waals surface area contributed by atoms with E-state index in [9.17, 15) is 0 Å². The predicted molar refractivity (Wildman–Crippen MR) is 245 cm³/mol. The molecule has 57 heavy (non-hydrogen) atoms. The Bertz CT molecular complexity index is 3720. The SMILES string of the molecule is CC1(C)c2ccccc2-c2ccc(-c3ccc4oc5ccc(-c6ccc7c(c6)c6ccccc6c6cc8c(cc76)sc6c7ccccc7ccc86)cc5c4c3)cc21. The fourth-order valence-electron chi connectivity index (χ4n) is 10.2. The summed E-state index contributed by atoms with van der Waals surface area (Å²) in [7, 11) is 0. The smallest absolute Gasteiger partial charge is 0.135 e. The molecule has 0 radical (unpaired) electrons. The van der Waals surface area contributed by atoms with E-state index < -0.39 is 0 Å². The highest BCUT2D eigenvalue weighted by atomic mass is 32.1. The van der Waals surface area contributed by atoms with Gasteiger partial charge < -0.3 is 4.42 Å². The van der Waals surface area contributed by atoms with Crippen molar-refractivity contribution in [3.63, 3.8) is 0 Å². The number of hydrogen-bond donors (Lipinski definition) is 0. The lowest BCUT2D eigenvalue weighted by molar-refractivity contribution is 0.660. The molecule has 1 nitrogen and oxygen atoms in total. The number of thiophene rings is 1. The van der Waals surface area contributed by atoms with Gasteiger partial charge in [-0.2, -0.15) is 0 Å². The monoisotopic (exact) mass is 742 g/mol. The van der Waals surface area contributed by atoms with Gasteiger partial charge in [-0.25, -0.2) is 0 Å². The summed E-state index contributed by atoms with van der Waals surface area (Å²) in [5.74, 6) is 0. The van der Waals surface area contributed by atoms with Crippen LogP contribution in [0.1, 0.15) is 25.0 Å². The van der Waals surface area contributed by atoms with Crippen molar-refractivity contribution in [3.05, 3.63) is 181 Å². The van der Waals surface area contributed by atoms with Gasteiger partial charge in [0.2, 0.25) is 0 Å². The van der Waals surface area contributed by atoms with E-state index in [0.717, 1.165) is 21.9 Å². The van der Waals surface area contributed by atoms with Crippen molar-refractivity contribution >= 4 is 96.5 Å². The Morgan fingerprint density at radius 3 is 1.68 bits per heavy atom. The van der Waals surface area contributed by atoms with Crippen LogP contribution in [0, 0.1) is 0 Å². The van der Waals surface area contributed by atoms with Gasteiger partial charge in [0.05, 0.1) is 0 Å². The summed E-state index contributed by atoms with van der Waals surface area (Å²) in [4.78, 5) is 0. The summed E-state index contributed by atoms with van der Waals surface area (Å²) >= 11 is 1.92. The Labute approximate surface area is 333 Å². The molecule has 0 atom stereocenters. The Morgan fingerprint density at radius 2 is 0.912 bits per heavy atom. The quantitative estimate of drug-likeness (QED) is 0.161. The lowest BCUT2D eigenvalue weighted by Gasteiger charge is -2.22. The first-order chi connectivity index (χ1) is 28.0. The van der Waals surface area contributed by atoms with E-state index >= 15 is 0 Å². The molecule has 10 aromatic carbocycles. The van der Waals surface area contributed by atoms with Gasteiger partial charge in [-0.05, 0) is 136 Å². The van der Waals surface area contributed by atoms with Crippen molar-refractivity contribution in [1.29, 1.82) is 0 Å². The molecule has 1 aliphatic carbocycles. The summed E-state index contributed by atoms with van der Waals surface area (Å²) < 4.78 is 9.14. The third-order valence-corrected chi connectivity index (χ3v) is 14.2. The number of rotatable bonds is 2. The molecule has 0 aliphatic heterocycles. The Hall–Kier alpha value is -6.74. The van der Waals surface area contributed by atoms with Crippen LogP contribution in [0.3, 0.4) is 0 Å². The highest BCUT2D eigenvalue weighted by Crippen LogP contribution is 2.50. The minimum atomic E-state index is -0.0407. The van der Waals surface area contributed by atoms with Crippen molar-refractivity contribution in [2.75, 3.05) is 0 Å². The predicted octanol–water partition coefficient (Wildman–Crippen LogP) is 16.2. The fraction of sp³-hybridized carbons (Fsp3) is 0.0545. The summed E-state index contributed by atoms with van der Waals surface area (Å²) in [5.41, 5.74) is 12.1. The van der Waals surface area contributed by atoms with Gasteiger partial charge in [0, 0.05) is 36.4 Å². The van der Waals surface area contributed by atoms with Crippen LogP contribution in [0.2, 0.25) is 0 Å². The molecule has 0 unspecified atom stereocenters. The van der Waals surface area contributed by atoms with E-state index in [4.69, 9.17) is 4.42 Å². The molecule has 0 N–H and O–H groups in total. The van der Waals surface area contributed by atoms with E-state index in [-0.39, 0.29) is 5.41 Å². The van der Waals surface area contributed by atoms with Gasteiger partial charge in [0.25, 0.3) is 0 Å². The van der Waals surface area contributed by atoms with Crippen molar-refractivity contribution in [2.24, 2.45) is 0 Å². The van der Waals surface area contributed by atoms with Gasteiger partial charge in [-0.15, -0.1) is 11.3 Å². The molecule has 13 rings (SSSR count). The molecule has 0 saturated carbocycles. The zero-order chi connectivity index (χ0) is 37.6. The van der Waals surface area contributed by atoms with Crippen molar-refractivity contribution in [2.45, 2.75) is 19.3 Å². The summed E-state index contributed by atoms with van der Waals surface area (Å²) in [6.07, 6.45) is 0. The highest BCUT2D eigenvalue weighted by Gasteiger charge is 2.35. The summed E-state index contributed by atoms with van der Waals surface area (Å²) in [6, 6.07) is 63.4. The number of benzene rings is 10. The van der Waals surface area contributed by atoms with E-state index in [0.29, 0.717) is 0 Å². The molecule has 0 saturated heterocycles. The first kappa shape index (κ1) is 31.5. The first-order valence-corrected chi connectivity index (χ1v) is 20.6. The van der Waals surface area contributed by atoms with Crippen LogP contribution < -0.4 is 0 Å². The molecular weight excluding hydrogens is 709 g/mol. The zero-order valence-corrected chi connectivity index (χ0v) is 32.3. The van der Waals surface area contributed by atoms with E-state index in [1.807, 2.05) is 11.3 Å². The lowest BCUT2D eigenvalue weighted by atomic mass is 9.81. The maximum atomic E-state index is 6.44. The average molecular weight is 743 g/mol. The van der Waals surface area contributed by atoms with Crippen LogP contribution in [-0.2, 0) is 5.41 Å². The fourth-order valence-corrected chi connectivity index (χ4v) is 11.4. The van der Waals surface area contributed by atoms with Crippen molar-refractivity contribution < 1.29 is 4.42 Å². The van der Waals surface area contributed by atoms with Gasteiger partial charge in [-0.3, -0.25) is 0 Å². The van der Waals surface area contributed by atoms with E-state index in [2.05, 4.69) is 184 Å². The molecule has 1 aliphatic rings. The minimum Gasteiger partial charge on any atom is -0.456 e. The second kappa shape index (κ2) is 11.2. The van der Waals surface area contributed by atoms with Crippen LogP contribution in [0.25, 0.3) is 119 Å². The molecule has 0 amide bonds. The van der Waals surface area contributed by atoms with Gasteiger partial charge in [0.15, 0.2) is 0 Å². The third kappa shape index (κ3) is 4.34.